The summed E-state index contributed by atoms with van der Waals surface area (Å²) in [7, 11) is 1.49. The standard InChI is InChI=1S/C29H41NO5/c1-18-13-14-23-21(15-18)16-19(2)22(12-10-8-6-7-9-11-20(3)32)29(23,4)27(34)25-26(33)24(17-31)30(5)28(25)35/h6-10,12,16,18,20-24,31-32,34H,11,13-15,17H2,1-5H3/b8-6+,9-7+,12-10+,27-25-/t18-,20+,21+,22-,23-,24-,29-/m0/s1. The molecule has 1 saturated carbocycles. The lowest BCUT2D eigenvalue weighted by Crippen LogP contribution is -2.46. The summed E-state index contributed by atoms with van der Waals surface area (Å²) in [5.41, 5.74) is 0.132. The zero-order valence-corrected chi connectivity index (χ0v) is 21.6. The Balaban J connectivity index is 2.04. The minimum absolute atomic E-state index is 0.0959. The summed E-state index contributed by atoms with van der Waals surface area (Å²) in [6.07, 6.45) is 17.1. The molecule has 6 nitrogen and oxygen atoms in total. The Labute approximate surface area is 209 Å². The maximum absolute atomic E-state index is 13.1. The van der Waals surface area contributed by atoms with Crippen molar-refractivity contribution < 1.29 is 24.9 Å². The van der Waals surface area contributed by atoms with Crippen LogP contribution in [0.4, 0.5) is 0 Å². The summed E-state index contributed by atoms with van der Waals surface area (Å²) in [5, 5.41) is 30.8. The molecule has 0 aromatic carbocycles. The molecule has 2 fully saturated rings. The predicted octanol–water partition coefficient (Wildman–Crippen LogP) is 4.27. The van der Waals surface area contributed by atoms with E-state index in [1.54, 1.807) is 6.92 Å². The molecule has 3 aliphatic rings. The SMILES string of the molecule is CC1=C[C@H]2C[C@@H](C)CC[C@@H]2[C@@](C)(/C(O)=C2\C(=O)[C@H](CO)N(C)C2=O)[C@H]1/C=C/C=C/C=C/C[C@@H](C)O. The third-order valence-electron chi connectivity index (χ3n) is 8.27. The Bertz CT molecular complexity index is 972. The van der Waals surface area contributed by atoms with E-state index in [-0.39, 0.29) is 35.2 Å². The molecule has 0 aromatic rings. The number of carbonyl (C=O) groups is 2. The van der Waals surface area contributed by atoms with Crippen molar-refractivity contribution in [3.8, 4) is 0 Å². The second-order valence-corrected chi connectivity index (χ2v) is 10.8. The van der Waals surface area contributed by atoms with Gasteiger partial charge in [0.15, 0.2) is 5.78 Å². The summed E-state index contributed by atoms with van der Waals surface area (Å²) in [6.45, 7) is 7.59. The number of amides is 1. The smallest absolute Gasteiger partial charge is 0.261 e. The van der Waals surface area contributed by atoms with Crippen LogP contribution in [0.3, 0.4) is 0 Å². The monoisotopic (exact) mass is 483 g/mol. The fourth-order valence-corrected chi connectivity index (χ4v) is 6.29. The fourth-order valence-electron chi connectivity index (χ4n) is 6.29. The minimum atomic E-state index is -0.948. The maximum Gasteiger partial charge on any atom is 0.261 e. The van der Waals surface area contributed by atoms with E-state index in [9.17, 15) is 24.9 Å². The van der Waals surface area contributed by atoms with Gasteiger partial charge in [-0.2, -0.15) is 0 Å². The number of aliphatic hydroxyl groups is 3. The van der Waals surface area contributed by atoms with Crippen molar-refractivity contribution in [1.29, 1.82) is 0 Å². The highest BCUT2D eigenvalue weighted by atomic mass is 16.3. The van der Waals surface area contributed by atoms with Crippen molar-refractivity contribution in [2.45, 2.75) is 65.5 Å². The van der Waals surface area contributed by atoms with Crippen LogP contribution in [0.2, 0.25) is 0 Å². The number of likely N-dealkylation sites (N-methyl/N-ethyl adjacent to an activating group) is 1. The van der Waals surface area contributed by atoms with Crippen LogP contribution >= 0.6 is 0 Å². The molecule has 0 unspecified atom stereocenters. The highest BCUT2D eigenvalue weighted by molar-refractivity contribution is 6.26. The Kier molecular flexibility index (Phi) is 8.60. The van der Waals surface area contributed by atoms with Gasteiger partial charge in [-0.15, -0.1) is 0 Å². The fraction of sp³-hybridized carbons (Fsp3) is 0.586. The molecule has 0 radical (unpaired) electrons. The van der Waals surface area contributed by atoms with Gasteiger partial charge in [0.1, 0.15) is 17.4 Å². The first kappa shape index (κ1) is 27.2. The summed E-state index contributed by atoms with van der Waals surface area (Å²) in [4.78, 5) is 27.3. The Morgan fingerprint density at radius 1 is 1.23 bits per heavy atom. The quantitative estimate of drug-likeness (QED) is 0.165. The predicted molar refractivity (Wildman–Crippen MR) is 137 cm³/mol. The lowest BCUT2D eigenvalue weighted by Gasteiger charge is -2.52. The summed E-state index contributed by atoms with van der Waals surface area (Å²) in [6, 6.07) is -0.948. The third-order valence-corrected chi connectivity index (χ3v) is 8.27. The van der Waals surface area contributed by atoms with E-state index >= 15 is 0 Å². The van der Waals surface area contributed by atoms with Crippen molar-refractivity contribution in [2.75, 3.05) is 13.7 Å². The molecular weight excluding hydrogens is 442 g/mol. The number of aliphatic hydroxyl groups excluding tert-OH is 3. The molecule has 0 spiro atoms. The van der Waals surface area contributed by atoms with Gasteiger partial charge in [-0.3, -0.25) is 9.59 Å². The highest BCUT2D eigenvalue weighted by Gasteiger charge is 2.55. The second kappa shape index (κ2) is 11.1. The number of allylic oxidation sites excluding steroid dienone is 8. The molecule has 6 heteroatoms. The average Bonchev–Trinajstić information content (AvgIpc) is 3.01. The van der Waals surface area contributed by atoms with Crippen LogP contribution in [0, 0.1) is 29.1 Å². The van der Waals surface area contributed by atoms with Crippen LogP contribution in [0.15, 0.2) is 59.4 Å². The van der Waals surface area contributed by atoms with Crippen molar-refractivity contribution in [3.63, 3.8) is 0 Å². The van der Waals surface area contributed by atoms with E-state index < -0.39 is 29.8 Å². The summed E-state index contributed by atoms with van der Waals surface area (Å²) in [5.74, 6) is -0.393. The zero-order chi connectivity index (χ0) is 25.9. The molecule has 3 N–H and O–H groups in total. The van der Waals surface area contributed by atoms with Crippen LogP contribution in [-0.2, 0) is 9.59 Å². The molecule has 3 rings (SSSR count). The number of rotatable bonds is 7. The second-order valence-electron chi connectivity index (χ2n) is 10.8. The van der Waals surface area contributed by atoms with E-state index in [2.05, 4.69) is 19.9 Å². The lowest BCUT2D eigenvalue weighted by atomic mass is 9.52. The molecule has 1 aliphatic heterocycles. The van der Waals surface area contributed by atoms with Gasteiger partial charge >= 0.3 is 0 Å². The van der Waals surface area contributed by atoms with Crippen LogP contribution in [-0.4, -0.2) is 57.7 Å². The maximum atomic E-state index is 13.1. The number of Topliss-reactive ketones (excluding diaryl/α,β-unsaturated/α-hetero) is 1. The normalized spacial score (nSPS) is 36.4. The molecule has 0 bridgehead atoms. The number of hydrogen-bond donors (Lipinski definition) is 3. The largest absolute Gasteiger partial charge is 0.511 e. The molecule has 1 heterocycles. The van der Waals surface area contributed by atoms with Crippen molar-refractivity contribution in [2.24, 2.45) is 29.1 Å². The van der Waals surface area contributed by atoms with Crippen LogP contribution in [0.1, 0.15) is 53.4 Å². The van der Waals surface area contributed by atoms with Gasteiger partial charge in [-0.25, -0.2) is 0 Å². The van der Waals surface area contributed by atoms with Gasteiger partial charge in [0.25, 0.3) is 5.91 Å². The first-order chi connectivity index (χ1) is 16.5. The van der Waals surface area contributed by atoms with Gasteiger partial charge in [-0.05, 0) is 50.9 Å². The van der Waals surface area contributed by atoms with Crippen molar-refractivity contribution >= 4 is 11.7 Å². The molecule has 192 valence electrons. The van der Waals surface area contributed by atoms with E-state index in [0.29, 0.717) is 12.3 Å². The van der Waals surface area contributed by atoms with Gasteiger partial charge in [0.05, 0.1) is 12.7 Å². The van der Waals surface area contributed by atoms with Crippen LogP contribution in [0.25, 0.3) is 0 Å². The van der Waals surface area contributed by atoms with Crippen molar-refractivity contribution in [1.82, 2.24) is 4.90 Å². The topological polar surface area (TPSA) is 98.1 Å². The molecule has 1 saturated heterocycles. The highest BCUT2D eigenvalue weighted by Crippen LogP contribution is 2.58. The number of nitrogens with zero attached hydrogens (tertiary/aromatic N) is 1. The van der Waals surface area contributed by atoms with Crippen molar-refractivity contribution in [3.05, 3.63) is 59.4 Å². The molecule has 7 atom stereocenters. The first-order valence-electron chi connectivity index (χ1n) is 12.8. The minimum Gasteiger partial charge on any atom is -0.511 e. The molecule has 1 amide bonds. The van der Waals surface area contributed by atoms with E-state index in [1.165, 1.54) is 11.9 Å². The third kappa shape index (κ3) is 5.24. The number of hydrogen-bond acceptors (Lipinski definition) is 5. The number of likely N-dealkylation sites (tertiary alicyclic amines) is 1. The zero-order valence-electron chi connectivity index (χ0n) is 21.6. The first-order valence-corrected chi connectivity index (χ1v) is 12.8. The molecule has 2 aliphatic carbocycles. The molecule has 0 aromatic heterocycles. The summed E-state index contributed by atoms with van der Waals surface area (Å²) >= 11 is 0. The van der Waals surface area contributed by atoms with Crippen LogP contribution in [0.5, 0.6) is 0 Å². The number of ketones is 1. The van der Waals surface area contributed by atoms with Gasteiger partial charge < -0.3 is 20.2 Å². The van der Waals surface area contributed by atoms with Gasteiger partial charge in [-0.1, -0.05) is 68.4 Å². The van der Waals surface area contributed by atoms with Gasteiger partial charge in [0, 0.05) is 18.4 Å². The van der Waals surface area contributed by atoms with Crippen LogP contribution < -0.4 is 0 Å². The lowest BCUT2D eigenvalue weighted by molar-refractivity contribution is -0.126. The van der Waals surface area contributed by atoms with E-state index in [1.807, 2.05) is 43.4 Å². The number of carbonyl (C=O) groups excluding carboxylic acids is 2. The number of fused-ring (bicyclic) bond motifs is 1. The average molecular weight is 484 g/mol. The summed E-state index contributed by atoms with van der Waals surface area (Å²) < 4.78 is 0. The Morgan fingerprint density at radius 3 is 2.54 bits per heavy atom. The van der Waals surface area contributed by atoms with Gasteiger partial charge in [0.2, 0.25) is 0 Å². The molecule has 35 heavy (non-hydrogen) atoms. The Hall–Kier alpha value is -2.44. The van der Waals surface area contributed by atoms with E-state index in [4.69, 9.17) is 0 Å². The van der Waals surface area contributed by atoms with E-state index in [0.717, 1.165) is 24.8 Å². The molecular formula is C29H41NO5. The Morgan fingerprint density at radius 2 is 1.91 bits per heavy atom.